The van der Waals surface area contributed by atoms with E-state index < -0.39 is 0 Å². The average molecular weight is 395 g/mol. The van der Waals surface area contributed by atoms with Crippen LogP contribution in [0.5, 0.6) is 5.75 Å². The fourth-order valence-corrected chi connectivity index (χ4v) is 3.38. The third-order valence-corrected chi connectivity index (χ3v) is 4.95. The highest BCUT2D eigenvalue weighted by molar-refractivity contribution is 5.84. The Balaban J connectivity index is 1.44. The maximum atomic E-state index is 12.7. The molecule has 0 radical (unpaired) electrons. The Bertz CT molecular complexity index is 1270. The first-order chi connectivity index (χ1) is 14.0. The Kier molecular flexibility index (Phi) is 4.79. The largest absolute Gasteiger partial charge is 0.497 e. The molecule has 29 heavy (non-hydrogen) atoms. The van der Waals surface area contributed by atoms with Crippen molar-refractivity contribution in [2.75, 3.05) is 13.7 Å². The van der Waals surface area contributed by atoms with Crippen molar-refractivity contribution >= 4 is 27.9 Å². The number of aromatic amines is 1. The standard InChI is InChI=1S/C20H21N5O4/c1-11-18-19(29-24-11)23-12(2)25(20(18)27)10-17(26)21-7-6-13-9-22-16-5-4-14(28-3)8-15(13)16/h4-5,8-9,22H,6-7,10H2,1-3H3,(H,21,26). The molecule has 9 nitrogen and oxygen atoms in total. The number of fused-ring (bicyclic) bond motifs is 2. The van der Waals surface area contributed by atoms with E-state index in [1.165, 1.54) is 4.57 Å². The van der Waals surface area contributed by atoms with Crippen LogP contribution in [0.4, 0.5) is 0 Å². The summed E-state index contributed by atoms with van der Waals surface area (Å²) in [5.74, 6) is 0.921. The molecule has 0 atom stereocenters. The van der Waals surface area contributed by atoms with Crippen LogP contribution in [0.1, 0.15) is 17.1 Å². The number of aryl methyl sites for hydroxylation is 2. The van der Waals surface area contributed by atoms with Crippen LogP contribution in [0.3, 0.4) is 0 Å². The first kappa shape index (κ1) is 18.7. The van der Waals surface area contributed by atoms with Gasteiger partial charge in [-0.3, -0.25) is 14.2 Å². The predicted octanol–water partition coefficient (Wildman–Crippen LogP) is 1.85. The van der Waals surface area contributed by atoms with Gasteiger partial charge in [-0.05, 0) is 44.0 Å². The molecule has 9 heteroatoms. The summed E-state index contributed by atoms with van der Waals surface area (Å²) in [6, 6.07) is 5.82. The lowest BCUT2D eigenvalue weighted by molar-refractivity contribution is -0.121. The quantitative estimate of drug-likeness (QED) is 0.515. The number of benzene rings is 1. The zero-order valence-corrected chi connectivity index (χ0v) is 16.4. The highest BCUT2D eigenvalue weighted by Gasteiger charge is 2.16. The molecule has 0 aliphatic rings. The Hall–Kier alpha value is -3.62. The number of carbonyl (C=O) groups excluding carboxylic acids is 1. The van der Waals surface area contributed by atoms with Gasteiger partial charge in [-0.1, -0.05) is 5.16 Å². The Labute approximate surface area is 165 Å². The van der Waals surface area contributed by atoms with E-state index in [4.69, 9.17) is 9.26 Å². The first-order valence-electron chi connectivity index (χ1n) is 9.22. The molecule has 0 unspecified atom stereocenters. The molecule has 0 aliphatic carbocycles. The third-order valence-electron chi connectivity index (χ3n) is 4.95. The summed E-state index contributed by atoms with van der Waals surface area (Å²) >= 11 is 0. The lowest BCUT2D eigenvalue weighted by Gasteiger charge is -2.09. The summed E-state index contributed by atoms with van der Waals surface area (Å²) < 4.78 is 11.7. The fraction of sp³-hybridized carbons (Fsp3) is 0.300. The van der Waals surface area contributed by atoms with Crippen LogP contribution in [-0.2, 0) is 17.8 Å². The Morgan fingerprint density at radius 2 is 2.17 bits per heavy atom. The minimum atomic E-state index is -0.329. The lowest BCUT2D eigenvalue weighted by Crippen LogP contribution is -2.34. The molecular weight excluding hydrogens is 374 g/mol. The van der Waals surface area contributed by atoms with Crippen molar-refractivity contribution in [3.05, 3.63) is 51.8 Å². The van der Waals surface area contributed by atoms with E-state index in [1.54, 1.807) is 21.0 Å². The van der Waals surface area contributed by atoms with Gasteiger partial charge in [-0.15, -0.1) is 0 Å². The van der Waals surface area contributed by atoms with Crippen molar-refractivity contribution in [3.63, 3.8) is 0 Å². The van der Waals surface area contributed by atoms with Gasteiger partial charge in [0, 0.05) is 23.6 Å². The highest BCUT2D eigenvalue weighted by Crippen LogP contribution is 2.23. The molecule has 1 aromatic carbocycles. The molecule has 4 aromatic rings. The Morgan fingerprint density at radius 3 is 2.97 bits per heavy atom. The minimum absolute atomic E-state index is 0.111. The average Bonchev–Trinajstić information content (AvgIpc) is 3.28. The maximum absolute atomic E-state index is 12.7. The summed E-state index contributed by atoms with van der Waals surface area (Å²) in [5.41, 5.74) is 2.41. The van der Waals surface area contributed by atoms with Gasteiger partial charge in [0.25, 0.3) is 11.3 Å². The van der Waals surface area contributed by atoms with E-state index in [0.29, 0.717) is 29.9 Å². The fourth-order valence-electron chi connectivity index (χ4n) is 3.38. The van der Waals surface area contributed by atoms with Crippen LogP contribution in [0.25, 0.3) is 22.0 Å². The van der Waals surface area contributed by atoms with Crippen molar-refractivity contribution in [1.82, 2.24) is 25.0 Å². The molecule has 0 aliphatic heterocycles. The second kappa shape index (κ2) is 7.42. The van der Waals surface area contributed by atoms with E-state index >= 15 is 0 Å². The lowest BCUT2D eigenvalue weighted by atomic mass is 10.1. The molecule has 0 saturated heterocycles. The van der Waals surface area contributed by atoms with Crippen LogP contribution in [0.15, 0.2) is 33.7 Å². The molecule has 0 bridgehead atoms. The van der Waals surface area contributed by atoms with Gasteiger partial charge in [0.05, 0.1) is 12.8 Å². The van der Waals surface area contributed by atoms with Crippen molar-refractivity contribution in [1.29, 1.82) is 0 Å². The first-order valence-corrected chi connectivity index (χ1v) is 9.22. The summed E-state index contributed by atoms with van der Waals surface area (Å²) in [4.78, 5) is 32.5. The normalized spacial score (nSPS) is 11.3. The number of nitrogens with zero attached hydrogens (tertiary/aromatic N) is 3. The number of nitrogens with one attached hydrogen (secondary N) is 2. The van der Waals surface area contributed by atoms with Crippen molar-refractivity contribution in [2.24, 2.45) is 0 Å². The molecule has 0 saturated carbocycles. The molecule has 1 amide bonds. The van der Waals surface area contributed by atoms with Crippen molar-refractivity contribution in [3.8, 4) is 5.75 Å². The topological polar surface area (TPSA) is 115 Å². The molecular formula is C20H21N5O4. The summed E-state index contributed by atoms with van der Waals surface area (Å²) in [5, 5.41) is 7.99. The van der Waals surface area contributed by atoms with Gasteiger partial charge in [0.2, 0.25) is 5.91 Å². The monoisotopic (exact) mass is 395 g/mol. The van der Waals surface area contributed by atoms with Gasteiger partial charge < -0.3 is 19.6 Å². The van der Waals surface area contributed by atoms with Crippen LogP contribution in [0, 0.1) is 13.8 Å². The summed E-state index contributed by atoms with van der Waals surface area (Å²) in [6.45, 7) is 3.66. The van der Waals surface area contributed by atoms with Crippen molar-refractivity contribution in [2.45, 2.75) is 26.8 Å². The van der Waals surface area contributed by atoms with E-state index in [9.17, 15) is 9.59 Å². The minimum Gasteiger partial charge on any atom is -0.497 e. The molecule has 3 aromatic heterocycles. The number of aromatic nitrogens is 4. The number of hydrogen-bond donors (Lipinski definition) is 2. The molecule has 0 spiro atoms. The van der Waals surface area contributed by atoms with Gasteiger partial charge in [0.15, 0.2) is 0 Å². The predicted molar refractivity (Wildman–Crippen MR) is 107 cm³/mol. The molecule has 150 valence electrons. The second-order valence-electron chi connectivity index (χ2n) is 6.82. The van der Waals surface area contributed by atoms with Gasteiger partial charge in [-0.2, -0.15) is 4.98 Å². The maximum Gasteiger partial charge on any atom is 0.267 e. The van der Waals surface area contributed by atoms with E-state index in [1.807, 2.05) is 24.4 Å². The Morgan fingerprint density at radius 1 is 1.34 bits per heavy atom. The van der Waals surface area contributed by atoms with Gasteiger partial charge in [0.1, 0.15) is 23.5 Å². The smallest absolute Gasteiger partial charge is 0.267 e. The van der Waals surface area contributed by atoms with E-state index in [-0.39, 0.29) is 23.7 Å². The van der Waals surface area contributed by atoms with E-state index in [2.05, 4.69) is 20.4 Å². The SMILES string of the molecule is COc1ccc2[nH]cc(CCNC(=O)Cn3c(C)nc4onc(C)c4c3=O)c2c1. The van der Waals surface area contributed by atoms with Crippen molar-refractivity contribution < 1.29 is 14.1 Å². The van der Waals surface area contributed by atoms with Crippen LogP contribution in [0.2, 0.25) is 0 Å². The van der Waals surface area contributed by atoms with Crippen LogP contribution < -0.4 is 15.6 Å². The van der Waals surface area contributed by atoms with Crippen LogP contribution >= 0.6 is 0 Å². The molecule has 2 N–H and O–H groups in total. The molecule has 0 fully saturated rings. The number of ether oxygens (including phenoxy) is 1. The number of hydrogen-bond acceptors (Lipinski definition) is 6. The zero-order valence-electron chi connectivity index (χ0n) is 16.4. The number of carbonyl (C=O) groups is 1. The van der Waals surface area contributed by atoms with E-state index in [0.717, 1.165) is 22.2 Å². The number of rotatable bonds is 6. The number of amides is 1. The third kappa shape index (κ3) is 3.46. The molecule has 4 rings (SSSR count). The van der Waals surface area contributed by atoms with Gasteiger partial charge >= 0.3 is 0 Å². The van der Waals surface area contributed by atoms with Gasteiger partial charge in [-0.25, -0.2) is 0 Å². The summed E-state index contributed by atoms with van der Waals surface area (Å²) in [7, 11) is 1.63. The zero-order chi connectivity index (χ0) is 20.5. The number of H-pyrrole nitrogens is 1. The highest BCUT2D eigenvalue weighted by atomic mass is 16.5. The van der Waals surface area contributed by atoms with Crippen LogP contribution in [-0.4, -0.2) is 39.3 Å². The number of methoxy groups -OCH3 is 1. The summed E-state index contributed by atoms with van der Waals surface area (Å²) in [6.07, 6.45) is 2.58. The second-order valence-corrected chi connectivity index (χ2v) is 6.82. The molecule has 3 heterocycles.